The summed E-state index contributed by atoms with van der Waals surface area (Å²) in [6.07, 6.45) is 0.0671. The summed E-state index contributed by atoms with van der Waals surface area (Å²) >= 11 is 0. The fourth-order valence-corrected chi connectivity index (χ4v) is 2.09. The maximum atomic E-state index is 12.1. The fraction of sp³-hybridized carbons (Fsp3) is 0.222. The Bertz CT molecular complexity index is 628. The van der Waals surface area contributed by atoms with Crippen molar-refractivity contribution in [3.8, 4) is 5.75 Å². The van der Waals surface area contributed by atoms with Gasteiger partial charge < -0.3 is 14.8 Å². The lowest BCUT2D eigenvalue weighted by Crippen LogP contribution is -2.34. The lowest BCUT2D eigenvalue weighted by Gasteiger charge is -2.18. The number of esters is 1. The molecule has 1 amide bonds. The highest BCUT2D eigenvalue weighted by Crippen LogP contribution is 2.17. The van der Waals surface area contributed by atoms with Crippen LogP contribution in [0, 0.1) is 0 Å². The number of carbonyl (C=O) groups is 2. The third-order valence-electron chi connectivity index (χ3n) is 3.25. The summed E-state index contributed by atoms with van der Waals surface area (Å²) in [6, 6.07) is 17.9. The zero-order chi connectivity index (χ0) is 16.5. The third-order valence-corrected chi connectivity index (χ3v) is 3.25. The van der Waals surface area contributed by atoms with E-state index < -0.39 is 6.04 Å². The normalized spacial score (nSPS) is 11.3. The van der Waals surface area contributed by atoms with E-state index in [4.69, 9.17) is 9.47 Å². The number of methoxy groups -OCH3 is 1. The van der Waals surface area contributed by atoms with Gasteiger partial charge in [0.2, 0.25) is 0 Å². The zero-order valence-electron chi connectivity index (χ0n) is 12.9. The van der Waals surface area contributed by atoms with Crippen molar-refractivity contribution < 1.29 is 19.1 Å². The van der Waals surface area contributed by atoms with Crippen molar-refractivity contribution in [2.24, 2.45) is 0 Å². The highest BCUT2D eigenvalue weighted by molar-refractivity contribution is 5.79. The van der Waals surface area contributed by atoms with Gasteiger partial charge in [0.1, 0.15) is 5.75 Å². The van der Waals surface area contributed by atoms with E-state index in [0.29, 0.717) is 5.75 Å². The SMILES string of the molecule is COC(=O)CC(NC(=O)COc1ccccc1)c1ccccc1. The van der Waals surface area contributed by atoms with Gasteiger partial charge in [-0.05, 0) is 17.7 Å². The van der Waals surface area contributed by atoms with Gasteiger partial charge in [-0.3, -0.25) is 9.59 Å². The van der Waals surface area contributed by atoms with Gasteiger partial charge in [-0.2, -0.15) is 0 Å². The van der Waals surface area contributed by atoms with E-state index in [1.165, 1.54) is 7.11 Å². The Balaban J connectivity index is 1.96. The molecule has 0 bridgehead atoms. The summed E-state index contributed by atoms with van der Waals surface area (Å²) in [5.74, 6) is -0.0679. The van der Waals surface area contributed by atoms with E-state index in [9.17, 15) is 9.59 Å². The molecule has 2 rings (SSSR count). The molecule has 0 heterocycles. The highest BCUT2D eigenvalue weighted by atomic mass is 16.5. The summed E-state index contributed by atoms with van der Waals surface area (Å²) in [7, 11) is 1.32. The van der Waals surface area contributed by atoms with Gasteiger partial charge in [-0.1, -0.05) is 48.5 Å². The fourth-order valence-electron chi connectivity index (χ4n) is 2.09. The summed E-state index contributed by atoms with van der Waals surface area (Å²) < 4.78 is 10.1. The first-order valence-electron chi connectivity index (χ1n) is 7.28. The molecule has 0 aliphatic rings. The quantitative estimate of drug-likeness (QED) is 0.798. The van der Waals surface area contributed by atoms with E-state index in [1.807, 2.05) is 48.5 Å². The molecular formula is C18H19NO4. The average molecular weight is 313 g/mol. The third kappa shape index (κ3) is 5.47. The Morgan fingerprint density at radius 2 is 1.61 bits per heavy atom. The molecular weight excluding hydrogens is 294 g/mol. The molecule has 5 nitrogen and oxygen atoms in total. The van der Waals surface area contributed by atoms with Crippen LogP contribution >= 0.6 is 0 Å². The van der Waals surface area contributed by atoms with Crippen molar-refractivity contribution in [1.29, 1.82) is 0 Å². The van der Waals surface area contributed by atoms with E-state index >= 15 is 0 Å². The molecule has 0 aliphatic carbocycles. The smallest absolute Gasteiger partial charge is 0.307 e. The van der Waals surface area contributed by atoms with Crippen molar-refractivity contribution in [2.45, 2.75) is 12.5 Å². The van der Waals surface area contributed by atoms with Crippen LogP contribution in [-0.4, -0.2) is 25.6 Å². The van der Waals surface area contributed by atoms with E-state index in [1.54, 1.807) is 12.1 Å². The topological polar surface area (TPSA) is 64.6 Å². The first kappa shape index (κ1) is 16.5. The van der Waals surface area contributed by atoms with Gasteiger partial charge in [-0.25, -0.2) is 0 Å². The second-order valence-electron chi connectivity index (χ2n) is 4.91. The van der Waals surface area contributed by atoms with Crippen LogP contribution in [0.5, 0.6) is 5.75 Å². The maximum Gasteiger partial charge on any atom is 0.307 e. The van der Waals surface area contributed by atoms with Crippen molar-refractivity contribution >= 4 is 11.9 Å². The molecule has 0 fully saturated rings. The number of amides is 1. The Kier molecular flexibility index (Phi) is 6.17. The van der Waals surface area contributed by atoms with Gasteiger partial charge in [0.25, 0.3) is 5.91 Å². The van der Waals surface area contributed by atoms with E-state index in [0.717, 1.165) is 5.56 Å². The number of ether oxygens (including phenoxy) is 2. The van der Waals surface area contributed by atoms with Gasteiger partial charge >= 0.3 is 5.97 Å². The number of rotatable bonds is 7. The number of benzene rings is 2. The van der Waals surface area contributed by atoms with Gasteiger partial charge in [-0.15, -0.1) is 0 Å². The Morgan fingerprint density at radius 3 is 2.22 bits per heavy atom. The molecule has 0 spiro atoms. The zero-order valence-corrected chi connectivity index (χ0v) is 12.9. The van der Waals surface area contributed by atoms with Crippen LogP contribution in [0.1, 0.15) is 18.0 Å². The van der Waals surface area contributed by atoms with E-state index in [-0.39, 0.29) is 24.9 Å². The monoisotopic (exact) mass is 313 g/mol. The summed E-state index contributed by atoms with van der Waals surface area (Å²) in [5, 5.41) is 2.80. The molecule has 0 aromatic heterocycles. The predicted octanol–water partition coefficient (Wildman–Crippen LogP) is 2.49. The minimum Gasteiger partial charge on any atom is -0.484 e. The number of nitrogens with one attached hydrogen (secondary N) is 1. The summed E-state index contributed by atoms with van der Waals surface area (Å²) in [5.41, 5.74) is 0.839. The molecule has 23 heavy (non-hydrogen) atoms. The van der Waals surface area contributed by atoms with Crippen molar-refractivity contribution in [3.63, 3.8) is 0 Å². The molecule has 0 aliphatic heterocycles. The number of hydrogen-bond donors (Lipinski definition) is 1. The molecule has 0 radical (unpaired) electrons. The molecule has 1 unspecified atom stereocenters. The van der Waals surface area contributed by atoms with Crippen LogP contribution in [0.25, 0.3) is 0 Å². The lowest BCUT2D eigenvalue weighted by atomic mass is 10.0. The van der Waals surface area contributed by atoms with Crippen LogP contribution in [0.15, 0.2) is 60.7 Å². The van der Waals surface area contributed by atoms with Gasteiger partial charge in [0.05, 0.1) is 19.6 Å². The van der Waals surface area contributed by atoms with E-state index in [2.05, 4.69) is 5.32 Å². The molecule has 1 atom stereocenters. The summed E-state index contributed by atoms with van der Waals surface area (Å²) in [6.45, 7) is -0.117. The molecule has 5 heteroatoms. The molecule has 0 saturated carbocycles. The minimum absolute atomic E-state index is 0.0671. The van der Waals surface area contributed by atoms with Crippen molar-refractivity contribution in [2.75, 3.05) is 13.7 Å². The molecule has 1 N–H and O–H groups in total. The molecule has 2 aromatic rings. The highest BCUT2D eigenvalue weighted by Gasteiger charge is 2.18. The standard InChI is InChI=1S/C18H19NO4/c1-22-18(21)12-16(14-8-4-2-5-9-14)19-17(20)13-23-15-10-6-3-7-11-15/h2-11,16H,12-13H2,1H3,(H,19,20). The Morgan fingerprint density at radius 1 is 1.00 bits per heavy atom. The first-order valence-corrected chi connectivity index (χ1v) is 7.28. The molecule has 2 aromatic carbocycles. The van der Waals surface area contributed by atoms with Crippen LogP contribution < -0.4 is 10.1 Å². The van der Waals surface area contributed by atoms with Crippen LogP contribution in [-0.2, 0) is 14.3 Å². The van der Waals surface area contributed by atoms with Gasteiger partial charge in [0, 0.05) is 0 Å². The largest absolute Gasteiger partial charge is 0.484 e. The summed E-state index contributed by atoms with van der Waals surface area (Å²) in [4.78, 5) is 23.6. The van der Waals surface area contributed by atoms with Crippen LogP contribution in [0.3, 0.4) is 0 Å². The molecule has 0 saturated heterocycles. The number of hydrogen-bond acceptors (Lipinski definition) is 4. The Hall–Kier alpha value is -2.82. The van der Waals surface area contributed by atoms with Crippen molar-refractivity contribution in [1.82, 2.24) is 5.32 Å². The van der Waals surface area contributed by atoms with Crippen LogP contribution in [0.2, 0.25) is 0 Å². The lowest BCUT2D eigenvalue weighted by molar-refractivity contribution is -0.141. The predicted molar refractivity (Wildman–Crippen MR) is 85.9 cm³/mol. The molecule has 120 valence electrons. The van der Waals surface area contributed by atoms with Crippen LogP contribution in [0.4, 0.5) is 0 Å². The van der Waals surface area contributed by atoms with Gasteiger partial charge in [0.15, 0.2) is 6.61 Å². The first-order chi connectivity index (χ1) is 11.2. The number of carbonyl (C=O) groups excluding carboxylic acids is 2. The average Bonchev–Trinajstić information content (AvgIpc) is 2.61. The second-order valence-corrected chi connectivity index (χ2v) is 4.91. The minimum atomic E-state index is -0.449. The Labute approximate surface area is 135 Å². The van der Waals surface area contributed by atoms with Crippen molar-refractivity contribution in [3.05, 3.63) is 66.2 Å². The maximum absolute atomic E-state index is 12.1. The number of para-hydroxylation sites is 1. The second kappa shape index (κ2) is 8.58.